The second-order valence-corrected chi connectivity index (χ2v) is 3.37. The van der Waals surface area contributed by atoms with Gasteiger partial charge in [-0.15, -0.1) is 0 Å². The van der Waals surface area contributed by atoms with Crippen molar-refractivity contribution in [2.45, 2.75) is 25.0 Å². The van der Waals surface area contributed by atoms with Gasteiger partial charge in [0.05, 0.1) is 12.2 Å². The molecule has 2 fully saturated rings. The van der Waals surface area contributed by atoms with Gasteiger partial charge in [0.2, 0.25) is 0 Å². The molecule has 0 amide bonds. The third-order valence-corrected chi connectivity index (χ3v) is 2.42. The van der Waals surface area contributed by atoms with Gasteiger partial charge >= 0.3 is 0 Å². The standard InChI is InChI=1S/C8H16N2O/c1-3-9-5-7(1)11-8-2-4-10-6-8/h7-10H,1-6H2. The molecule has 2 rings (SSSR count). The number of ether oxygens (including phenoxy) is 1. The number of nitrogens with one attached hydrogen (secondary N) is 2. The Morgan fingerprint density at radius 2 is 1.45 bits per heavy atom. The molecule has 3 nitrogen and oxygen atoms in total. The summed E-state index contributed by atoms with van der Waals surface area (Å²) in [5.41, 5.74) is 0. The molecule has 0 bridgehead atoms. The van der Waals surface area contributed by atoms with Crippen LogP contribution in [0.2, 0.25) is 0 Å². The van der Waals surface area contributed by atoms with Gasteiger partial charge in [0.1, 0.15) is 0 Å². The van der Waals surface area contributed by atoms with Crippen molar-refractivity contribution in [3.8, 4) is 0 Å². The summed E-state index contributed by atoms with van der Waals surface area (Å²) >= 11 is 0. The van der Waals surface area contributed by atoms with E-state index in [-0.39, 0.29) is 0 Å². The van der Waals surface area contributed by atoms with Crippen molar-refractivity contribution in [2.24, 2.45) is 0 Å². The summed E-state index contributed by atoms with van der Waals surface area (Å²) in [6.45, 7) is 4.36. The third kappa shape index (κ3) is 1.92. The molecule has 2 unspecified atom stereocenters. The van der Waals surface area contributed by atoms with Crippen LogP contribution in [0.3, 0.4) is 0 Å². The molecular formula is C8H16N2O. The lowest BCUT2D eigenvalue weighted by atomic mass is 10.3. The van der Waals surface area contributed by atoms with Gasteiger partial charge in [0.25, 0.3) is 0 Å². The van der Waals surface area contributed by atoms with E-state index in [1.165, 1.54) is 12.8 Å². The molecule has 2 aliphatic heterocycles. The number of rotatable bonds is 2. The van der Waals surface area contributed by atoms with Gasteiger partial charge in [0, 0.05) is 13.1 Å². The van der Waals surface area contributed by atoms with Gasteiger partial charge in [0.15, 0.2) is 0 Å². The summed E-state index contributed by atoms with van der Waals surface area (Å²) in [5.74, 6) is 0. The van der Waals surface area contributed by atoms with Crippen LogP contribution in [0, 0.1) is 0 Å². The average Bonchev–Trinajstić information content (AvgIpc) is 2.60. The van der Waals surface area contributed by atoms with Crippen LogP contribution in [0.5, 0.6) is 0 Å². The van der Waals surface area contributed by atoms with E-state index in [0.29, 0.717) is 12.2 Å². The van der Waals surface area contributed by atoms with E-state index in [1.807, 2.05) is 0 Å². The van der Waals surface area contributed by atoms with Gasteiger partial charge in [-0.3, -0.25) is 0 Å². The first kappa shape index (κ1) is 7.53. The molecule has 2 saturated heterocycles. The molecular weight excluding hydrogens is 140 g/mol. The lowest BCUT2D eigenvalue weighted by Gasteiger charge is -2.15. The Balaban J connectivity index is 1.71. The summed E-state index contributed by atoms with van der Waals surface area (Å²) in [6, 6.07) is 0. The molecule has 2 aliphatic rings. The van der Waals surface area contributed by atoms with Crippen LogP contribution in [0.4, 0.5) is 0 Å². The van der Waals surface area contributed by atoms with Crippen LogP contribution in [0.1, 0.15) is 12.8 Å². The Kier molecular flexibility index (Phi) is 2.41. The van der Waals surface area contributed by atoms with Crippen LogP contribution in [-0.2, 0) is 4.74 Å². The zero-order valence-corrected chi connectivity index (χ0v) is 6.81. The van der Waals surface area contributed by atoms with Crippen LogP contribution in [0.25, 0.3) is 0 Å². The first-order chi connectivity index (χ1) is 5.45. The highest BCUT2D eigenvalue weighted by atomic mass is 16.5. The van der Waals surface area contributed by atoms with E-state index in [9.17, 15) is 0 Å². The molecule has 0 aromatic rings. The van der Waals surface area contributed by atoms with Gasteiger partial charge < -0.3 is 15.4 Å². The molecule has 0 aliphatic carbocycles. The van der Waals surface area contributed by atoms with E-state index < -0.39 is 0 Å². The van der Waals surface area contributed by atoms with E-state index in [4.69, 9.17) is 4.74 Å². The van der Waals surface area contributed by atoms with Crippen LogP contribution in [0.15, 0.2) is 0 Å². The Morgan fingerprint density at radius 3 is 1.82 bits per heavy atom. The maximum Gasteiger partial charge on any atom is 0.0715 e. The Bertz CT molecular complexity index is 103. The zero-order chi connectivity index (χ0) is 7.52. The molecule has 64 valence electrons. The lowest BCUT2D eigenvalue weighted by molar-refractivity contribution is 0.0106. The normalized spacial score (nSPS) is 38.2. The monoisotopic (exact) mass is 156 g/mol. The van der Waals surface area contributed by atoms with Gasteiger partial charge in [-0.05, 0) is 25.9 Å². The molecule has 0 aromatic carbocycles. The molecule has 2 atom stereocenters. The predicted octanol–water partition coefficient (Wildman–Crippen LogP) is -0.273. The van der Waals surface area contributed by atoms with Gasteiger partial charge in [-0.2, -0.15) is 0 Å². The van der Waals surface area contributed by atoms with Crippen LogP contribution >= 0.6 is 0 Å². The van der Waals surface area contributed by atoms with Crippen molar-refractivity contribution < 1.29 is 4.74 Å². The van der Waals surface area contributed by atoms with Crippen molar-refractivity contribution >= 4 is 0 Å². The first-order valence-electron chi connectivity index (χ1n) is 4.52. The summed E-state index contributed by atoms with van der Waals surface area (Å²) in [4.78, 5) is 0. The fraction of sp³-hybridized carbons (Fsp3) is 1.00. The fourth-order valence-corrected chi connectivity index (χ4v) is 1.76. The highest BCUT2D eigenvalue weighted by Gasteiger charge is 2.22. The fourth-order valence-electron chi connectivity index (χ4n) is 1.76. The smallest absolute Gasteiger partial charge is 0.0715 e. The molecule has 2 N–H and O–H groups in total. The van der Waals surface area contributed by atoms with E-state index >= 15 is 0 Å². The largest absolute Gasteiger partial charge is 0.372 e. The SMILES string of the molecule is C1CC(OC2CCNC2)CN1. The summed E-state index contributed by atoms with van der Waals surface area (Å²) < 4.78 is 5.85. The second-order valence-electron chi connectivity index (χ2n) is 3.37. The Morgan fingerprint density at radius 1 is 0.909 bits per heavy atom. The van der Waals surface area contributed by atoms with Crippen LogP contribution in [-0.4, -0.2) is 38.4 Å². The average molecular weight is 156 g/mol. The lowest BCUT2D eigenvalue weighted by Crippen LogP contribution is -2.25. The van der Waals surface area contributed by atoms with Crippen LogP contribution < -0.4 is 10.6 Å². The van der Waals surface area contributed by atoms with E-state index in [1.54, 1.807) is 0 Å². The van der Waals surface area contributed by atoms with Crippen molar-refractivity contribution in [1.82, 2.24) is 10.6 Å². The zero-order valence-electron chi connectivity index (χ0n) is 6.81. The number of hydrogen-bond donors (Lipinski definition) is 2. The maximum atomic E-state index is 5.85. The molecule has 0 aromatic heterocycles. The quantitative estimate of drug-likeness (QED) is 0.577. The topological polar surface area (TPSA) is 33.3 Å². The minimum atomic E-state index is 0.486. The molecule has 3 heteroatoms. The Hall–Kier alpha value is -0.120. The second kappa shape index (κ2) is 3.52. The van der Waals surface area contributed by atoms with Crippen molar-refractivity contribution in [3.05, 3.63) is 0 Å². The number of hydrogen-bond acceptors (Lipinski definition) is 3. The summed E-state index contributed by atoms with van der Waals surface area (Å²) in [5, 5.41) is 6.60. The molecule has 0 saturated carbocycles. The Labute approximate surface area is 67.5 Å². The highest BCUT2D eigenvalue weighted by Crippen LogP contribution is 2.10. The highest BCUT2D eigenvalue weighted by molar-refractivity contribution is 4.77. The van der Waals surface area contributed by atoms with Gasteiger partial charge in [-0.1, -0.05) is 0 Å². The van der Waals surface area contributed by atoms with Crippen molar-refractivity contribution in [1.29, 1.82) is 0 Å². The summed E-state index contributed by atoms with van der Waals surface area (Å²) in [6.07, 6.45) is 3.35. The predicted molar refractivity (Wildman–Crippen MR) is 43.6 cm³/mol. The first-order valence-corrected chi connectivity index (χ1v) is 4.52. The summed E-state index contributed by atoms with van der Waals surface area (Å²) in [7, 11) is 0. The van der Waals surface area contributed by atoms with Crippen molar-refractivity contribution in [3.63, 3.8) is 0 Å². The van der Waals surface area contributed by atoms with E-state index in [0.717, 1.165) is 26.2 Å². The molecule has 0 radical (unpaired) electrons. The van der Waals surface area contributed by atoms with Gasteiger partial charge in [-0.25, -0.2) is 0 Å². The van der Waals surface area contributed by atoms with E-state index in [2.05, 4.69) is 10.6 Å². The maximum absolute atomic E-state index is 5.85. The molecule has 2 heterocycles. The minimum Gasteiger partial charge on any atom is -0.372 e. The van der Waals surface area contributed by atoms with Crippen molar-refractivity contribution in [2.75, 3.05) is 26.2 Å². The third-order valence-electron chi connectivity index (χ3n) is 2.42. The minimum absolute atomic E-state index is 0.486. The molecule has 11 heavy (non-hydrogen) atoms. The molecule has 0 spiro atoms.